The molecule has 1 saturated carbocycles. The third kappa shape index (κ3) is 5.81. The van der Waals surface area contributed by atoms with Gasteiger partial charge in [-0.2, -0.15) is 0 Å². The Hall–Kier alpha value is -0.530. The lowest BCUT2D eigenvalue weighted by molar-refractivity contribution is -0.124. The largest absolute Gasteiger partial charge is 0.353 e. The van der Waals surface area contributed by atoms with Gasteiger partial charge in [-0.1, -0.05) is 34.6 Å². The zero-order chi connectivity index (χ0) is 11.8. The molecule has 0 heterocycles. The van der Waals surface area contributed by atoms with Gasteiger partial charge in [0.2, 0.25) is 5.91 Å². The summed E-state index contributed by atoms with van der Waals surface area (Å²) in [7, 11) is 0. The minimum Gasteiger partial charge on any atom is -0.353 e. The van der Waals surface area contributed by atoms with Gasteiger partial charge in [0.1, 0.15) is 0 Å². The van der Waals surface area contributed by atoms with E-state index in [0.717, 1.165) is 5.92 Å². The predicted molar refractivity (Wildman–Crippen MR) is 65.7 cm³/mol. The van der Waals surface area contributed by atoms with Gasteiger partial charge in [0.15, 0.2) is 0 Å². The molecule has 0 atom stereocenters. The highest BCUT2D eigenvalue weighted by Gasteiger charge is 2.20. The van der Waals surface area contributed by atoms with Gasteiger partial charge in [-0.3, -0.25) is 4.79 Å². The van der Waals surface area contributed by atoms with Crippen molar-refractivity contribution in [1.29, 1.82) is 0 Å². The van der Waals surface area contributed by atoms with E-state index in [4.69, 9.17) is 0 Å². The number of carbonyl (C=O) groups excluding carboxylic acids is 1. The van der Waals surface area contributed by atoms with Crippen LogP contribution in [0, 0.1) is 11.8 Å². The number of nitrogens with one attached hydrogen (secondary N) is 1. The van der Waals surface area contributed by atoms with Crippen LogP contribution in [0.4, 0.5) is 0 Å². The fourth-order valence-corrected chi connectivity index (χ4v) is 1.77. The van der Waals surface area contributed by atoms with Gasteiger partial charge < -0.3 is 5.32 Å². The van der Waals surface area contributed by atoms with Crippen molar-refractivity contribution in [3.8, 4) is 0 Å². The molecule has 0 bridgehead atoms. The minimum absolute atomic E-state index is 0.124. The summed E-state index contributed by atoms with van der Waals surface area (Å²) in [5.41, 5.74) is 0. The Bertz CT molecular complexity index is 169. The summed E-state index contributed by atoms with van der Waals surface area (Å²) < 4.78 is 0. The topological polar surface area (TPSA) is 29.1 Å². The van der Waals surface area contributed by atoms with Crippen molar-refractivity contribution in [3.05, 3.63) is 0 Å². The van der Waals surface area contributed by atoms with Crippen LogP contribution in [0.2, 0.25) is 0 Å². The Morgan fingerprint density at radius 3 is 2.00 bits per heavy atom. The monoisotopic (exact) mass is 213 g/mol. The molecule has 0 aromatic rings. The smallest absolute Gasteiger partial charge is 0.222 e. The van der Waals surface area contributed by atoms with Gasteiger partial charge in [0.05, 0.1) is 0 Å². The maximum atomic E-state index is 11.4. The summed E-state index contributed by atoms with van der Waals surface area (Å²) in [5.74, 6) is 1.19. The molecule has 1 amide bonds. The average molecular weight is 213 g/mol. The van der Waals surface area contributed by atoms with Gasteiger partial charge in [-0.15, -0.1) is 0 Å². The standard InChI is InChI=1S/C11H21NO.C2H6/c1-8(2)11(13)12-10-6-4-9(3)5-7-10;1-2/h8-10H,4-7H2,1-3H3,(H,12,13);1-2H3. The number of hydrogen-bond donors (Lipinski definition) is 1. The first-order chi connectivity index (χ1) is 7.09. The summed E-state index contributed by atoms with van der Waals surface area (Å²) in [5, 5.41) is 3.10. The Kier molecular flexibility index (Phi) is 7.45. The molecule has 0 unspecified atom stereocenters. The maximum absolute atomic E-state index is 11.4. The fraction of sp³-hybridized carbons (Fsp3) is 0.923. The molecule has 0 aliphatic heterocycles. The van der Waals surface area contributed by atoms with Gasteiger partial charge in [-0.25, -0.2) is 0 Å². The van der Waals surface area contributed by atoms with E-state index in [1.165, 1.54) is 25.7 Å². The molecule has 15 heavy (non-hydrogen) atoms. The first-order valence-corrected chi connectivity index (χ1v) is 6.40. The highest BCUT2D eigenvalue weighted by Crippen LogP contribution is 2.23. The molecule has 0 saturated heterocycles. The highest BCUT2D eigenvalue weighted by atomic mass is 16.1. The van der Waals surface area contributed by atoms with Crippen LogP contribution in [0.25, 0.3) is 0 Å². The quantitative estimate of drug-likeness (QED) is 0.748. The Morgan fingerprint density at radius 2 is 1.60 bits per heavy atom. The zero-order valence-corrected chi connectivity index (χ0v) is 11.0. The van der Waals surface area contributed by atoms with Crippen molar-refractivity contribution in [2.45, 2.75) is 66.3 Å². The molecule has 1 fully saturated rings. The molecule has 1 aliphatic rings. The van der Waals surface area contributed by atoms with Crippen LogP contribution in [0.3, 0.4) is 0 Å². The highest BCUT2D eigenvalue weighted by molar-refractivity contribution is 5.78. The molecule has 2 nitrogen and oxygen atoms in total. The van der Waals surface area contributed by atoms with Crippen molar-refractivity contribution in [2.24, 2.45) is 11.8 Å². The van der Waals surface area contributed by atoms with Gasteiger partial charge >= 0.3 is 0 Å². The van der Waals surface area contributed by atoms with E-state index < -0.39 is 0 Å². The number of rotatable bonds is 2. The summed E-state index contributed by atoms with van der Waals surface area (Å²) >= 11 is 0. The zero-order valence-electron chi connectivity index (χ0n) is 11.0. The molecule has 0 spiro atoms. The van der Waals surface area contributed by atoms with Gasteiger partial charge in [-0.05, 0) is 31.6 Å². The molecule has 90 valence electrons. The number of carbonyl (C=O) groups is 1. The molecule has 2 heteroatoms. The Balaban J connectivity index is 0.000000921. The van der Waals surface area contributed by atoms with Crippen LogP contribution in [0.1, 0.15) is 60.3 Å². The van der Waals surface area contributed by atoms with Crippen molar-refractivity contribution in [3.63, 3.8) is 0 Å². The predicted octanol–water partition coefficient (Wildman–Crippen LogP) is 3.36. The van der Waals surface area contributed by atoms with E-state index in [-0.39, 0.29) is 11.8 Å². The molecule has 1 aliphatic carbocycles. The van der Waals surface area contributed by atoms with E-state index in [9.17, 15) is 4.79 Å². The second kappa shape index (κ2) is 7.72. The lowest BCUT2D eigenvalue weighted by Gasteiger charge is -2.27. The molecule has 1 rings (SSSR count). The molecular weight excluding hydrogens is 186 g/mol. The van der Waals surface area contributed by atoms with Crippen LogP contribution in [0.5, 0.6) is 0 Å². The van der Waals surface area contributed by atoms with Crippen molar-refractivity contribution in [2.75, 3.05) is 0 Å². The molecular formula is C13H27NO. The van der Waals surface area contributed by atoms with E-state index in [0.29, 0.717) is 6.04 Å². The van der Waals surface area contributed by atoms with Crippen LogP contribution < -0.4 is 5.32 Å². The van der Waals surface area contributed by atoms with E-state index in [1.807, 2.05) is 27.7 Å². The lowest BCUT2D eigenvalue weighted by atomic mass is 9.87. The summed E-state index contributed by atoms with van der Waals surface area (Å²) in [6.45, 7) is 10.2. The fourth-order valence-electron chi connectivity index (χ4n) is 1.77. The number of amides is 1. The summed E-state index contributed by atoms with van der Waals surface area (Å²) in [4.78, 5) is 11.4. The second-order valence-electron chi connectivity index (χ2n) is 4.62. The third-order valence-corrected chi connectivity index (χ3v) is 2.89. The normalized spacial score (nSPS) is 25.5. The molecule has 0 radical (unpaired) electrons. The Labute approximate surface area is 94.8 Å². The Morgan fingerprint density at radius 1 is 1.13 bits per heavy atom. The number of hydrogen-bond acceptors (Lipinski definition) is 1. The van der Waals surface area contributed by atoms with E-state index in [1.54, 1.807) is 0 Å². The SMILES string of the molecule is CC.CC1CCC(NC(=O)C(C)C)CC1. The third-order valence-electron chi connectivity index (χ3n) is 2.89. The van der Waals surface area contributed by atoms with E-state index >= 15 is 0 Å². The summed E-state index contributed by atoms with van der Waals surface area (Å²) in [6.07, 6.45) is 4.87. The van der Waals surface area contributed by atoms with Crippen molar-refractivity contribution < 1.29 is 4.79 Å². The molecule has 1 N–H and O–H groups in total. The van der Waals surface area contributed by atoms with Crippen LogP contribution in [0.15, 0.2) is 0 Å². The van der Waals surface area contributed by atoms with Crippen molar-refractivity contribution >= 4 is 5.91 Å². The minimum atomic E-state index is 0.124. The summed E-state index contributed by atoms with van der Waals surface area (Å²) in [6, 6.07) is 0.450. The van der Waals surface area contributed by atoms with Gasteiger partial charge in [0, 0.05) is 12.0 Å². The van der Waals surface area contributed by atoms with Crippen LogP contribution >= 0.6 is 0 Å². The second-order valence-corrected chi connectivity index (χ2v) is 4.62. The molecule has 0 aromatic carbocycles. The van der Waals surface area contributed by atoms with Gasteiger partial charge in [0.25, 0.3) is 0 Å². The first-order valence-electron chi connectivity index (χ1n) is 6.40. The average Bonchev–Trinajstić information content (AvgIpc) is 2.24. The molecule has 0 aromatic heterocycles. The van der Waals surface area contributed by atoms with Crippen LogP contribution in [-0.4, -0.2) is 11.9 Å². The van der Waals surface area contributed by atoms with Crippen molar-refractivity contribution in [1.82, 2.24) is 5.32 Å². The lowest BCUT2D eigenvalue weighted by Crippen LogP contribution is -2.39. The van der Waals surface area contributed by atoms with Crippen LogP contribution in [-0.2, 0) is 4.79 Å². The first kappa shape index (κ1) is 14.5. The van der Waals surface area contributed by atoms with E-state index in [2.05, 4.69) is 12.2 Å². The maximum Gasteiger partial charge on any atom is 0.222 e.